The topological polar surface area (TPSA) is 66.3 Å². The van der Waals surface area contributed by atoms with Crippen LogP contribution in [0, 0.1) is 0 Å². The van der Waals surface area contributed by atoms with E-state index in [2.05, 4.69) is 9.97 Å². The Bertz CT molecular complexity index is 464. The molecule has 5 nitrogen and oxygen atoms in total. The van der Waals surface area contributed by atoms with Crippen LogP contribution in [0.15, 0.2) is 12.3 Å². The van der Waals surface area contributed by atoms with Crippen molar-refractivity contribution in [3.05, 3.63) is 23.8 Å². The van der Waals surface area contributed by atoms with E-state index >= 15 is 0 Å². The average molecular weight is 263 g/mol. The van der Waals surface area contributed by atoms with E-state index in [1.807, 2.05) is 6.92 Å². The molecule has 0 atom stereocenters. The van der Waals surface area contributed by atoms with E-state index in [9.17, 15) is 9.90 Å². The molecular formula is C14H21N3O2. The van der Waals surface area contributed by atoms with Crippen molar-refractivity contribution < 1.29 is 9.90 Å². The molecule has 0 spiro atoms. The fourth-order valence-corrected chi connectivity index (χ4v) is 1.99. The third-order valence-corrected chi connectivity index (χ3v) is 3.08. The highest BCUT2D eigenvalue weighted by Gasteiger charge is 2.28. The Labute approximate surface area is 113 Å². The summed E-state index contributed by atoms with van der Waals surface area (Å²) in [7, 11) is 0. The Balaban J connectivity index is 2.14. The zero-order chi connectivity index (χ0) is 14.0. The highest BCUT2D eigenvalue weighted by molar-refractivity contribution is 5.92. The van der Waals surface area contributed by atoms with Crippen LogP contribution < -0.4 is 0 Å². The second-order valence-corrected chi connectivity index (χ2v) is 5.71. The van der Waals surface area contributed by atoms with E-state index in [0.29, 0.717) is 24.7 Å². The molecule has 1 N–H and O–H groups in total. The number of likely N-dealkylation sites (N-methyl/N-ethyl adjacent to an activating group) is 1. The molecule has 1 saturated carbocycles. The van der Waals surface area contributed by atoms with Crippen molar-refractivity contribution in [2.45, 2.75) is 45.1 Å². The lowest BCUT2D eigenvalue weighted by molar-refractivity contribution is 0.0311. The number of carbonyl (C=O) groups excluding carboxylic acids is 1. The van der Waals surface area contributed by atoms with Gasteiger partial charge in [-0.25, -0.2) is 9.97 Å². The Morgan fingerprint density at radius 2 is 2.21 bits per heavy atom. The molecule has 5 heteroatoms. The summed E-state index contributed by atoms with van der Waals surface area (Å²) in [4.78, 5) is 22.5. The van der Waals surface area contributed by atoms with Gasteiger partial charge in [-0.2, -0.15) is 0 Å². The standard InChI is InChI=1S/C14H21N3O2/c1-4-17(9-14(2,3)19)13(18)11-7-8-15-12(16-11)10-5-6-10/h7-8,10,19H,4-6,9H2,1-3H3. The average Bonchev–Trinajstić information content (AvgIpc) is 3.18. The van der Waals surface area contributed by atoms with Gasteiger partial charge in [-0.1, -0.05) is 0 Å². The van der Waals surface area contributed by atoms with Gasteiger partial charge < -0.3 is 10.0 Å². The number of aliphatic hydroxyl groups is 1. The van der Waals surface area contributed by atoms with E-state index < -0.39 is 5.60 Å². The van der Waals surface area contributed by atoms with Crippen LogP contribution in [0.1, 0.15) is 55.8 Å². The summed E-state index contributed by atoms with van der Waals surface area (Å²) in [5.74, 6) is 1.05. The first-order valence-electron chi connectivity index (χ1n) is 6.75. The number of amides is 1. The Kier molecular flexibility index (Phi) is 3.85. The van der Waals surface area contributed by atoms with Crippen LogP contribution in [0.4, 0.5) is 0 Å². The largest absolute Gasteiger partial charge is 0.389 e. The molecule has 0 bridgehead atoms. The SMILES string of the molecule is CCN(CC(C)(C)O)C(=O)c1ccnc(C2CC2)n1. The summed E-state index contributed by atoms with van der Waals surface area (Å²) in [6, 6.07) is 1.64. The van der Waals surface area contributed by atoms with Crippen LogP contribution in [-0.2, 0) is 0 Å². The van der Waals surface area contributed by atoms with Gasteiger partial charge in [0.05, 0.1) is 5.60 Å². The summed E-state index contributed by atoms with van der Waals surface area (Å²) < 4.78 is 0. The van der Waals surface area contributed by atoms with Crippen LogP contribution in [0.5, 0.6) is 0 Å². The zero-order valence-electron chi connectivity index (χ0n) is 11.8. The molecule has 1 fully saturated rings. The van der Waals surface area contributed by atoms with Crippen LogP contribution in [0.3, 0.4) is 0 Å². The van der Waals surface area contributed by atoms with E-state index in [1.165, 1.54) is 0 Å². The number of hydrogen-bond acceptors (Lipinski definition) is 4. The molecule has 0 unspecified atom stereocenters. The van der Waals surface area contributed by atoms with Gasteiger partial charge in [0.25, 0.3) is 5.91 Å². The lowest BCUT2D eigenvalue weighted by Crippen LogP contribution is -2.42. The van der Waals surface area contributed by atoms with Gasteiger partial charge in [0.1, 0.15) is 11.5 Å². The number of carbonyl (C=O) groups is 1. The smallest absolute Gasteiger partial charge is 0.272 e. The highest BCUT2D eigenvalue weighted by Crippen LogP contribution is 2.37. The van der Waals surface area contributed by atoms with Gasteiger partial charge in [-0.05, 0) is 39.7 Å². The number of hydrogen-bond donors (Lipinski definition) is 1. The monoisotopic (exact) mass is 263 g/mol. The maximum atomic E-state index is 12.4. The molecule has 0 aromatic carbocycles. The molecule has 1 aliphatic rings. The predicted octanol–water partition coefficient (Wildman–Crippen LogP) is 1.59. The maximum absolute atomic E-state index is 12.4. The molecule has 1 aliphatic carbocycles. The lowest BCUT2D eigenvalue weighted by atomic mass is 10.1. The van der Waals surface area contributed by atoms with Crippen molar-refractivity contribution in [1.82, 2.24) is 14.9 Å². The predicted molar refractivity (Wildman–Crippen MR) is 71.9 cm³/mol. The van der Waals surface area contributed by atoms with Gasteiger partial charge in [0, 0.05) is 25.2 Å². The number of rotatable bonds is 5. The minimum Gasteiger partial charge on any atom is -0.389 e. The van der Waals surface area contributed by atoms with Gasteiger partial charge >= 0.3 is 0 Å². The van der Waals surface area contributed by atoms with Crippen LogP contribution in [0.25, 0.3) is 0 Å². The Hall–Kier alpha value is -1.49. The maximum Gasteiger partial charge on any atom is 0.272 e. The number of nitrogens with zero attached hydrogens (tertiary/aromatic N) is 3. The first kappa shape index (κ1) is 13.9. The third kappa shape index (κ3) is 3.73. The fourth-order valence-electron chi connectivity index (χ4n) is 1.99. The summed E-state index contributed by atoms with van der Waals surface area (Å²) in [6.45, 7) is 6.13. The molecule has 2 rings (SSSR count). The zero-order valence-corrected chi connectivity index (χ0v) is 11.8. The molecule has 0 aliphatic heterocycles. The normalized spacial score (nSPS) is 15.4. The number of aromatic nitrogens is 2. The molecule has 1 amide bonds. The summed E-state index contributed by atoms with van der Waals surface area (Å²) in [5.41, 5.74) is -0.485. The molecule has 0 radical (unpaired) electrons. The van der Waals surface area contributed by atoms with E-state index in [0.717, 1.165) is 18.7 Å². The lowest BCUT2D eigenvalue weighted by Gasteiger charge is -2.27. The van der Waals surface area contributed by atoms with E-state index in [4.69, 9.17) is 0 Å². The first-order chi connectivity index (χ1) is 8.90. The first-order valence-corrected chi connectivity index (χ1v) is 6.75. The highest BCUT2D eigenvalue weighted by atomic mass is 16.3. The Morgan fingerprint density at radius 3 is 2.74 bits per heavy atom. The minimum atomic E-state index is -0.905. The molecular weight excluding hydrogens is 242 g/mol. The molecule has 19 heavy (non-hydrogen) atoms. The van der Waals surface area contributed by atoms with Crippen molar-refractivity contribution in [1.29, 1.82) is 0 Å². The summed E-state index contributed by atoms with van der Waals surface area (Å²) in [6.07, 6.45) is 3.86. The molecule has 104 valence electrons. The van der Waals surface area contributed by atoms with Crippen molar-refractivity contribution in [3.8, 4) is 0 Å². The fraction of sp³-hybridized carbons (Fsp3) is 0.643. The van der Waals surface area contributed by atoms with Gasteiger partial charge in [-0.15, -0.1) is 0 Å². The second kappa shape index (κ2) is 5.25. The van der Waals surface area contributed by atoms with E-state index in [-0.39, 0.29) is 5.91 Å². The van der Waals surface area contributed by atoms with Crippen molar-refractivity contribution in [2.24, 2.45) is 0 Å². The molecule has 0 saturated heterocycles. The van der Waals surface area contributed by atoms with Crippen LogP contribution >= 0.6 is 0 Å². The van der Waals surface area contributed by atoms with Crippen LogP contribution in [-0.4, -0.2) is 44.6 Å². The third-order valence-electron chi connectivity index (χ3n) is 3.08. The van der Waals surface area contributed by atoms with Crippen molar-refractivity contribution in [2.75, 3.05) is 13.1 Å². The van der Waals surface area contributed by atoms with Gasteiger partial charge in [0.15, 0.2) is 0 Å². The second-order valence-electron chi connectivity index (χ2n) is 5.71. The van der Waals surface area contributed by atoms with Crippen molar-refractivity contribution in [3.63, 3.8) is 0 Å². The quantitative estimate of drug-likeness (QED) is 0.876. The minimum absolute atomic E-state index is 0.145. The molecule has 1 aromatic rings. The van der Waals surface area contributed by atoms with Gasteiger partial charge in [-0.3, -0.25) is 4.79 Å². The molecule has 1 heterocycles. The van der Waals surface area contributed by atoms with Crippen molar-refractivity contribution >= 4 is 5.91 Å². The Morgan fingerprint density at radius 1 is 1.53 bits per heavy atom. The molecule has 1 aromatic heterocycles. The summed E-state index contributed by atoms with van der Waals surface area (Å²) in [5, 5.41) is 9.84. The van der Waals surface area contributed by atoms with Gasteiger partial charge in [0.2, 0.25) is 0 Å². The van der Waals surface area contributed by atoms with Crippen LogP contribution in [0.2, 0.25) is 0 Å². The van der Waals surface area contributed by atoms with E-state index in [1.54, 1.807) is 31.0 Å². The summed E-state index contributed by atoms with van der Waals surface area (Å²) >= 11 is 0.